The fraction of sp³-hybridized carbons (Fsp3) is 0.500. The first-order chi connectivity index (χ1) is 8.79. The molecular formula is C12H13ClF3N3. The molecule has 1 heterocycles. The van der Waals surface area contributed by atoms with Gasteiger partial charge in [0, 0.05) is 19.3 Å². The summed E-state index contributed by atoms with van der Waals surface area (Å²) in [6.45, 7) is 4.41. The van der Waals surface area contributed by atoms with Crippen LogP contribution in [0, 0.1) is 17.2 Å². The van der Waals surface area contributed by atoms with Gasteiger partial charge in [-0.3, -0.25) is 0 Å². The number of halogens is 4. The van der Waals surface area contributed by atoms with Crippen molar-refractivity contribution in [2.75, 3.05) is 18.0 Å². The highest BCUT2D eigenvalue weighted by atomic mass is 35.5. The lowest BCUT2D eigenvalue weighted by molar-refractivity contribution is -0.137. The first-order valence-electron chi connectivity index (χ1n) is 5.66. The number of hydrogen-bond acceptors (Lipinski definition) is 3. The molecular weight excluding hydrogens is 279 g/mol. The van der Waals surface area contributed by atoms with E-state index in [0.717, 1.165) is 12.3 Å². The third kappa shape index (κ3) is 4.00. The molecule has 0 aliphatic rings. The average molecular weight is 292 g/mol. The summed E-state index contributed by atoms with van der Waals surface area (Å²) in [5, 5.41) is 8.70. The van der Waals surface area contributed by atoms with Crippen LogP contribution in [0.25, 0.3) is 0 Å². The zero-order chi connectivity index (χ0) is 14.6. The smallest absolute Gasteiger partial charge is 0.354 e. The Bertz CT molecular complexity index is 482. The number of anilines is 1. The number of pyridine rings is 1. The lowest BCUT2D eigenvalue weighted by Gasteiger charge is -2.24. The molecule has 1 rings (SSSR count). The van der Waals surface area contributed by atoms with Gasteiger partial charge in [0.15, 0.2) is 0 Å². The molecule has 0 aromatic carbocycles. The molecule has 7 heteroatoms. The Morgan fingerprint density at radius 1 is 1.53 bits per heavy atom. The highest BCUT2D eigenvalue weighted by molar-refractivity contribution is 6.33. The van der Waals surface area contributed by atoms with Gasteiger partial charge < -0.3 is 4.90 Å². The summed E-state index contributed by atoms with van der Waals surface area (Å²) in [4.78, 5) is 5.44. The predicted octanol–water partition coefficient (Wildman–Crippen LogP) is 3.74. The molecule has 1 atom stereocenters. The summed E-state index contributed by atoms with van der Waals surface area (Å²) in [5.41, 5.74) is -0.884. The topological polar surface area (TPSA) is 39.9 Å². The van der Waals surface area contributed by atoms with Crippen LogP contribution >= 0.6 is 11.6 Å². The van der Waals surface area contributed by atoms with Gasteiger partial charge in [-0.1, -0.05) is 11.6 Å². The minimum atomic E-state index is -4.47. The molecule has 0 saturated heterocycles. The average Bonchev–Trinajstić information content (AvgIpc) is 2.34. The summed E-state index contributed by atoms with van der Waals surface area (Å²) in [6, 6.07) is 2.91. The van der Waals surface area contributed by atoms with Gasteiger partial charge in [0.2, 0.25) is 0 Å². The number of aromatic nitrogens is 1. The Balaban J connectivity index is 3.04. The number of rotatable bonds is 4. The largest absolute Gasteiger partial charge is 0.417 e. The molecule has 0 radical (unpaired) electrons. The van der Waals surface area contributed by atoms with Crippen LogP contribution in [0.15, 0.2) is 12.3 Å². The number of alkyl halides is 3. The lowest BCUT2D eigenvalue weighted by atomic mass is 10.2. The van der Waals surface area contributed by atoms with Crippen molar-refractivity contribution in [3.8, 4) is 6.07 Å². The van der Waals surface area contributed by atoms with E-state index in [4.69, 9.17) is 16.9 Å². The van der Waals surface area contributed by atoms with Crippen LogP contribution in [0.3, 0.4) is 0 Å². The number of nitriles is 1. The SMILES string of the molecule is CCN(CC(C)C#N)c1ncc(C(F)(F)F)cc1Cl. The maximum Gasteiger partial charge on any atom is 0.417 e. The van der Waals surface area contributed by atoms with Crippen molar-refractivity contribution in [1.29, 1.82) is 5.26 Å². The van der Waals surface area contributed by atoms with E-state index in [-0.39, 0.29) is 16.8 Å². The highest BCUT2D eigenvalue weighted by Crippen LogP contribution is 2.33. The van der Waals surface area contributed by atoms with Crippen molar-refractivity contribution in [3.05, 3.63) is 22.8 Å². The van der Waals surface area contributed by atoms with E-state index in [9.17, 15) is 13.2 Å². The first kappa shape index (κ1) is 15.6. The standard InChI is InChI=1S/C12H13ClF3N3/c1-3-19(7-8(2)5-17)11-10(13)4-9(6-18-11)12(14,15)16/h4,6,8H,3,7H2,1-2H3. The van der Waals surface area contributed by atoms with Gasteiger partial charge in [0.05, 0.1) is 22.6 Å². The molecule has 1 unspecified atom stereocenters. The van der Waals surface area contributed by atoms with Gasteiger partial charge in [-0.05, 0) is 19.9 Å². The van der Waals surface area contributed by atoms with Crippen molar-refractivity contribution in [2.45, 2.75) is 20.0 Å². The molecule has 19 heavy (non-hydrogen) atoms. The summed E-state index contributed by atoms with van der Waals surface area (Å²) in [6.07, 6.45) is -3.72. The van der Waals surface area contributed by atoms with Gasteiger partial charge in [-0.25, -0.2) is 4.98 Å². The zero-order valence-corrected chi connectivity index (χ0v) is 11.3. The highest BCUT2D eigenvalue weighted by Gasteiger charge is 2.32. The van der Waals surface area contributed by atoms with Gasteiger partial charge in [-0.2, -0.15) is 18.4 Å². The van der Waals surface area contributed by atoms with Gasteiger partial charge in [0.1, 0.15) is 5.82 Å². The second-order valence-electron chi connectivity index (χ2n) is 4.10. The van der Waals surface area contributed by atoms with Crippen LogP contribution in [0.2, 0.25) is 5.02 Å². The molecule has 0 aliphatic heterocycles. The van der Waals surface area contributed by atoms with E-state index in [1.54, 1.807) is 11.8 Å². The van der Waals surface area contributed by atoms with Crippen LogP contribution in [0.5, 0.6) is 0 Å². The van der Waals surface area contributed by atoms with Crippen molar-refractivity contribution >= 4 is 17.4 Å². The summed E-state index contributed by atoms with van der Waals surface area (Å²) in [5.74, 6) is -0.000578. The second-order valence-corrected chi connectivity index (χ2v) is 4.50. The second kappa shape index (κ2) is 6.11. The lowest BCUT2D eigenvalue weighted by Crippen LogP contribution is -2.29. The Hall–Kier alpha value is -1.48. The van der Waals surface area contributed by atoms with Gasteiger partial charge >= 0.3 is 6.18 Å². The minimum Gasteiger partial charge on any atom is -0.354 e. The van der Waals surface area contributed by atoms with E-state index in [2.05, 4.69) is 11.1 Å². The molecule has 3 nitrogen and oxygen atoms in total. The van der Waals surface area contributed by atoms with Crippen LogP contribution in [0.4, 0.5) is 19.0 Å². The van der Waals surface area contributed by atoms with Crippen molar-refractivity contribution in [1.82, 2.24) is 4.98 Å². The van der Waals surface area contributed by atoms with Crippen molar-refractivity contribution in [2.24, 2.45) is 5.92 Å². The molecule has 0 saturated carbocycles. The van der Waals surface area contributed by atoms with Crippen LogP contribution < -0.4 is 4.90 Å². The molecule has 1 aromatic heterocycles. The Labute approximate surface area is 114 Å². The van der Waals surface area contributed by atoms with Crippen LogP contribution in [-0.2, 0) is 6.18 Å². The van der Waals surface area contributed by atoms with E-state index < -0.39 is 11.7 Å². The predicted molar refractivity (Wildman–Crippen MR) is 66.9 cm³/mol. The van der Waals surface area contributed by atoms with Gasteiger partial charge in [0.25, 0.3) is 0 Å². The van der Waals surface area contributed by atoms with E-state index in [1.807, 2.05) is 6.92 Å². The molecule has 0 aliphatic carbocycles. The normalized spacial score (nSPS) is 12.9. The quantitative estimate of drug-likeness (QED) is 0.848. The summed E-state index contributed by atoms with van der Waals surface area (Å²) >= 11 is 5.85. The fourth-order valence-electron chi connectivity index (χ4n) is 1.56. The Morgan fingerprint density at radius 3 is 2.58 bits per heavy atom. The Morgan fingerprint density at radius 2 is 2.16 bits per heavy atom. The van der Waals surface area contributed by atoms with Crippen LogP contribution in [-0.4, -0.2) is 18.1 Å². The molecule has 104 valence electrons. The third-order valence-corrected chi connectivity index (χ3v) is 2.82. The molecule has 0 fully saturated rings. The van der Waals surface area contributed by atoms with Gasteiger partial charge in [-0.15, -0.1) is 0 Å². The maximum atomic E-state index is 12.5. The molecule has 0 bridgehead atoms. The van der Waals surface area contributed by atoms with Crippen LogP contribution in [0.1, 0.15) is 19.4 Å². The van der Waals surface area contributed by atoms with Crippen molar-refractivity contribution in [3.63, 3.8) is 0 Å². The van der Waals surface area contributed by atoms with E-state index in [0.29, 0.717) is 13.1 Å². The molecule has 0 spiro atoms. The summed E-state index contributed by atoms with van der Waals surface area (Å²) < 4.78 is 37.5. The Kier molecular flexibility index (Phi) is 5.01. The molecule has 1 aromatic rings. The molecule has 0 amide bonds. The first-order valence-corrected chi connectivity index (χ1v) is 6.04. The number of hydrogen-bond donors (Lipinski definition) is 0. The number of nitrogens with zero attached hydrogens (tertiary/aromatic N) is 3. The zero-order valence-electron chi connectivity index (χ0n) is 10.5. The van der Waals surface area contributed by atoms with E-state index in [1.165, 1.54) is 0 Å². The van der Waals surface area contributed by atoms with E-state index >= 15 is 0 Å². The monoisotopic (exact) mass is 291 g/mol. The fourth-order valence-corrected chi connectivity index (χ4v) is 1.84. The van der Waals surface area contributed by atoms with Crippen molar-refractivity contribution < 1.29 is 13.2 Å². The minimum absolute atomic E-state index is 0.0678. The maximum absolute atomic E-state index is 12.5. The third-order valence-electron chi connectivity index (χ3n) is 2.54. The molecule has 0 N–H and O–H groups in total. The summed E-state index contributed by atoms with van der Waals surface area (Å²) in [7, 11) is 0.